The maximum Gasteiger partial charge on any atom is 0.329 e. The van der Waals surface area contributed by atoms with Crippen LogP contribution in [0.3, 0.4) is 0 Å². The third kappa shape index (κ3) is 11.3. The van der Waals surface area contributed by atoms with Crippen LogP contribution >= 0.6 is 0 Å². The third-order valence-corrected chi connectivity index (χ3v) is 8.98. The van der Waals surface area contributed by atoms with Gasteiger partial charge in [0.15, 0.2) is 11.6 Å². The van der Waals surface area contributed by atoms with Gasteiger partial charge in [-0.05, 0) is 94.1 Å². The van der Waals surface area contributed by atoms with E-state index in [2.05, 4.69) is 37.8 Å². The van der Waals surface area contributed by atoms with Crippen molar-refractivity contribution in [2.75, 3.05) is 58.5 Å². The summed E-state index contributed by atoms with van der Waals surface area (Å²) in [4.78, 5) is 35.2. The molecule has 4 aromatic rings. The number of carbonyl (C=O) groups excluding carboxylic acids is 1. The first kappa shape index (κ1) is 37.4. The molecule has 13 nitrogen and oxygen atoms in total. The highest BCUT2D eigenvalue weighted by Crippen LogP contribution is 2.35. The molecule has 3 heterocycles. The first-order valence-corrected chi connectivity index (χ1v) is 17.6. The van der Waals surface area contributed by atoms with Gasteiger partial charge in [0.2, 0.25) is 0 Å². The lowest BCUT2D eigenvalue weighted by Gasteiger charge is -2.40. The molecule has 1 amide bonds. The summed E-state index contributed by atoms with van der Waals surface area (Å²) in [6.45, 7) is 5.37. The number of likely N-dealkylation sites (tertiary alicyclic amines) is 1. The Balaban J connectivity index is 1.10. The van der Waals surface area contributed by atoms with E-state index in [1.165, 1.54) is 0 Å². The van der Waals surface area contributed by atoms with Gasteiger partial charge in [-0.1, -0.05) is 24.6 Å². The van der Waals surface area contributed by atoms with Crippen molar-refractivity contribution in [1.82, 2.24) is 30.4 Å². The largest absolute Gasteiger partial charge is 0.494 e. The maximum absolute atomic E-state index is 13.5. The van der Waals surface area contributed by atoms with Crippen LogP contribution in [0, 0.1) is 0 Å². The van der Waals surface area contributed by atoms with Crippen LogP contribution in [0.25, 0.3) is 11.4 Å². The van der Waals surface area contributed by atoms with Gasteiger partial charge in [-0.2, -0.15) is 5.10 Å². The van der Waals surface area contributed by atoms with Crippen molar-refractivity contribution in [3.8, 4) is 17.1 Å². The third-order valence-electron chi connectivity index (χ3n) is 8.98. The molecule has 2 aromatic carbocycles. The van der Waals surface area contributed by atoms with Gasteiger partial charge in [0.25, 0.3) is 5.91 Å². The van der Waals surface area contributed by atoms with Crippen molar-refractivity contribution in [2.45, 2.75) is 57.0 Å². The number of hydrogen-bond acceptors (Lipinski definition) is 10. The molecule has 4 N–H and O–H groups in total. The smallest absolute Gasteiger partial charge is 0.329 e. The number of rotatable bonds is 20. The summed E-state index contributed by atoms with van der Waals surface area (Å²) in [5.41, 5.74) is 2.79. The maximum atomic E-state index is 13.5. The molecular formula is C38H49N7O6. The fourth-order valence-electron chi connectivity index (χ4n) is 6.01. The van der Waals surface area contributed by atoms with Gasteiger partial charge in [0, 0.05) is 48.9 Å². The van der Waals surface area contributed by atoms with Crippen molar-refractivity contribution in [2.24, 2.45) is 0 Å². The zero-order valence-corrected chi connectivity index (χ0v) is 29.5. The van der Waals surface area contributed by atoms with Crippen molar-refractivity contribution in [1.29, 1.82) is 0 Å². The number of benzene rings is 2. The van der Waals surface area contributed by atoms with Crippen LogP contribution in [-0.2, 0) is 19.8 Å². The van der Waals surface area contributed by atoms with E-state index in [9.17, 15) is 9.59 Å². The highest BCUT2D eigenvalue weighted by Gasteiger charge is 2.39. The molecule has 1 fully saturated rings. The van der Waals surface area contributed by atoms with E-state index in [0.29, 0.717) is 31.2 Å². The summed E-state index contributed by atoms with van der Waals surface area (Å²) in [5, 5.41) is 23.1. The SMILES string of the molecule is CC(NC(=O)c1cccc(NC2(c3nc(-c4ccncc4)n[nH]3)CCN(C)CC2)c1)c1cccc(OCCCCCCOCCOCC(=O)O)c1. The Bertz CT molecular complexity index is 1680. The number of amides is 1. The van der Waals surface area contributed by atoms with Gasteiger partial charge < -0.3 is 34.9 Å². The number of pyridine rings is 1. The number of H-pyrrole nitrogens is 1. The van der Waals surface area contributed by atoms with E-state index in [-0.39, 0.29) is 25.2 Å². The topological polar surface area (TPSA) is 164 Å². The molecule has 1 atom stereocenters. The van der Waals surface area contributed by atoms with E-state index in [4.69, 9.17) is 24.3 Å². The van der Waals surface area contributed by atoms with E-state index >= 15 is 0 Å². The van der Waals surface area contributed by atoms with Gasteiger partial charge in [0.05, 0.1) is 31.4 Å². The van der Waals surface area contributed by atoms with Gasteiger partial charge in [-0.25, -0.2) is 9.78 Å². The van der Waals surface area contributed by atoms with Crippen molar-refractivity contribution >= 4 is 17.6 Å². The van der Waals surface area contributed by atoms with Crippen molar-refractivity contribution in [3.63, 3.8) is 0 Å². The second-order valence-corrected chi connectivity index (χ2v) is 12.9. The van der Waals surface area contributed by atoms with Crippen LogP contribution < -0.4 is 15.4 Å². The number of nitrogens with one attached hydrogen (secondary N) is 3. The molecule has 0 spiro atoms. The molecule has 51 heavy (non-hydrogen) atoms. The van der Waals surface area contributed by atoms with Crippen LogP contribution in [0.1, 0.15) is 73.2 Å². The Morgan fingerprint density at radius 2 is 1.69 bits per heavy atom. The molecule has 1 aliphatic heterocycles. The number of unbranched alkanes of at least 4 members (excludes halogenated alkanes) is 3. The van der Waals surface area contributed by atoms with E-state index in [1.807, 2.05) is 67.6 Å². The molecular weight excluding hydrogens is 650 g/mol. The quantitative estimate of drug-likeness (QED) is 0.0868. The molecule has 1 unspecified atom stereocenters. The highest BCUT2D eigenvalue weighted by molar-refractivity contribution is 5.95. The zero-order valence-electron chi connectivity index (χ0n) is 29.5. The molecule has 13 heteroatoms. The standard InChI is InChI=1S/C38H49N7O6/c1-28(30-9-8-12-33(26-30)51-22-6-4-3-5-21-49-23-24-50-27-34(46)47)40-36(48)31-10-7-11-32(25-31)42-38(15-19-45(2)20-16-38)37-41-35(43-44-37)29-13-17-39-18-14-29/h7-14,17-18,25-26,28,42H,3-6,15-16,19-24,27H2,1-2H3,(H,40,48)(H,46,47)(H,41,43,44). The Labute approximate surface area is 299 Å². The van der Waals surface area contributed by atoms with Crippen molar-refractivity contribution in [3.05, 3.63) is 90.0 Å². The number of aromatic nitrogens is 4. The summed E-state index contributed by atoms with van der Waals surface area (Å²) >= 11 is 0. The lowest BCUT2D eigenvalue weighted by Crippen LogP contribution is -2.46. The fourth-order valence-corrected chi connectivity index (χ4v) is 6.01. The minimum absolute atomic E-state index is 0.161. The van der Waals surface area contributed by atoms with Gasteiger partial charge in [0.1, 0.15) is 12.4 Å². The molecule has 0 radical (unpaired) electrons. The molecule has 0 aliphatic carbocycles. The molecule has 0 bridgehead atoms. The number of nitrogens with zero attached hydrogens (tertiary/aromatic N) is 4. The Morgan fingerprint density at radius 3 is 2.47 bits per heavy atom. The number of aromatic amines is 1. The summed E-state index contributed by atoms with van der Waals surface area (Å²) in [7, 11) is 2.12. The number of carboxylic acids is 1. The van der Waals surface area contributed by atoms with Crippen molar-refractivity contribution < 1.29 is 28.9 Å². The molecule has 5 rings (SSSR count). The first-order valence-electron chi connectivity index (χ1n) is 17.6. The van der Waals surface area contributed by atoms with Gasteiger partial charge in [-0.3, -0.25) is 14.9 Å². The number of piperidine rings is 1. The van der Waals surface area contributed by atoms with Crippen LogP contribution in [0.5, 0.6) is 5.75 Å². The Hall–Kier alpha value is -4.85. The minimum atomic E-state index is -0.977. The number of carboxylic acid groups (broad SMARTS) is 1. The monoisotopic (exact) mass is 699 g/mol. The van der Waals surface area contributed by atoms with Crippen LogP contribution in [-0.4, -0.2) is 95.2 Å². The van der Waals surface area contributed by atoms with Crippen LogP contribution in [0.2, 0.25) is 0 Å². The normalized spacial score (nSPS) is 14.9. The average Bonchev–Trinajstić information content (AvgIpc) is 3.65. The lowest BCUT2D eigenvalue weighted by atomic mass is 9.86. The summed E-state index contributed by atoms with van der Waals surface area (Å²) in [6, 6.07) is 19.0. The minimum Gasteiger partial charge on any atom is -0.494 e. The Morgan fingerprint density at radius 1 is 0.941 bits per heavy atom. The molecule has 0 saturated carbocycles. The Kier molecular flexibility index (Phi) is 13.9. The lowest BCUT2D eigenvalue weighted by molar-refractivity contribution is -0.142. The first-order chi connectivity index (χ1) is 24.8. The predicted octanol–water partition coefficient (Wildman–Crippen LogP) is 5.45. The average molecular weight is 700 g/mol. The number of anilines is 1. The van der Waals surface area contributed by atoms with Gasteiger partial charge >= 0.3 is 5.97 Å². The number of carbonyl (C=O) groups is 2. The molecule has 1 saturated heterocycles. The second kappa shape index (κ2) is 18.9. The highest BCUT2D eigenvalue weighted by atomic mass is 16.5. The van der Waals surface area contributed by atoms with E-state index in [0.717, 1.165) is 80.0 Å². The molecule has 272 valence electrons. The van der Waals surface area contributed by atoms with Crippen LogP contribution in [0.15, 0.2) is 73.1 Å². The van der Waals surface area contributed by atoms with Crippen LogP contribution in [0.4, 0.5) is 5.69 Å². The summed E-state index contributed by atoms with van der Waals surface area (Å²) < 4.78 is 16.4. The summed E-state index contributed by atoms with van der Waals surface area (Å²) in [5.74, 6) is 1.03. The second-order valence-electron chi connectivity index (χ2n) is 12.9. The van der Waals surface area contributed by atoms with E-state index in [1.54, 1.807) is 12.4 Å². The number of ether oxygens (including phenoxy) is 3. The predicted molar refractivity (Wildman–Crippen MR) is 194 cm³/mol. The molecule has 2 aromatic heterocycles. The fraction of sp³-hybridized carbons (Fsp3) is 0.447. The summed E-state index contributed by atoms with van der Waals surface area (Å²) in [6.07, 6.45) is 8.99. The number of aliphatic carboxylic acids is 1. The number of hydrogen-bond donors (Lipinski definition) is 4. The van der Waals surface area contributed by atoms with Gasteiger partial charge in [-0.15, -0.1) is 0 Å². The van der Waals surface area contributed by atoms with E-state index < -0.39 is 11.5 Å². The molecule has 1 aliphatic rings. The zero-order chi connectivity index (χ0) is 35.9.